The maximum Gasteiger partial charge on any atom is 0.264 e. The van der Waals surface area contributed by atoms with Gasteiger partial charge in [0.1, 0.15) is 4.83 Å². The number of rotatable bonds is 3. The van der Waals surface area contributed by atoms with Crippen LogP contribution in [0.1, 0.15) is 28.2 Å². The van der Waals surface area contributed by atoms with E-state index in [2.05, 4.69) is 5.10 Å². The summed E-state index contributed by atoms with van der Waals surface area (Å²) in [5.74, 6) is 0.120. The van der Waals surface area contributed by atoms with E-state index in [4.69, 9.17) is 4.74 Å². The van der Waals surface area contributed by atoms with Gasteiger partial charge in [0.15, 0.2) is 0 Å². The van der Waals surface area contributed by atoms with Crippen LogP contribution in [-0.2, 0) is 4.74 Å². The number of carbonyl (C=O) groups excluding carboxylic acids is 1. The lowest BCUT2D eigenvalue weighted by Gasteiger charge is -2.30. The van der Waals surface area contributed by atoms with Gasteiger partial charge in [-0.05, 0) is 38.0 Å². The zero-order chi connectivity index (χ0) is 17.4. The van der Waals surface area contributed by atoms with E-state index in [0.717, 1.165) is 52.4 Å². The Morgan fingerprint density at radius 3 is 2.64 bits per heavy atom. The molecular weight excluding hydrogens is 334 g/mol. The Morgan fingerprint density at radius 2 is 1.96 bits per heavy atom. The van der Waals surface area contributed by atoms with Crippen LogP contribution >= 0.6 is 11.3 Å². The van der Waals surface area contributed by atoms with Crippen molar-refractivity contribution < 1.29 is 9.53 Å². The van der Waals surface area contributed by atoms with E-state index in [1.807, 2.05) is 52.9 Å². The standard InChI is InChI=1S/C19H21N3O2S/c1-13-16-12-17(18(23)21-10-8-15(24-2)9-11-21)25-19(16)22(20-13)14-6-4-3-5-7-14/h3-7,12,15H,8-11H2,1-2H3. The van der Waals surface area contributed by atoms with Gasteiger partial charge in [-0.3, -0.25) is 4.79 Å². The lowest BCUT2D eigenvalue weighted by Crippen LogP contribution is -2.40. The van der Waals surface area contributed by atoms with Crippen molar-refractivity contribution in [1.82, 2.24) is 14.7 Å². The molecule has 0 aliphatic carbocycles. The minimum atomic E-state index is 0.120. The Balaban J connectivity index is 1.65. The predicted octanol–water partition coefficient (Wildman–Crippen LogP) is 3.65. The van der Waals surface area contributed by atoms with Crippen LogP contribution in [0.5, 0.6) is 0 Å². The SMILES string of the molecule is COC1CCN(C(=O)c2cc3c(C)nn(-c4ccccc4)c3s2)CC1. The van der Waals surface area contributed by atoms with Crippen molar-refractivity contribution in [2.75, 3.05) is 20.2 Å². The van der Waals surface area contributed by atoms with Crippen LogP contribution in [0, 0.1) is 6.92 Å². The Morgan fingerprint density at radius 1 is 1.24 bits per heavy atom. The van der Waals surface area contributed by atoms with E-state index < -0.39 is 0 Å². The van der Waals surface area contributed by atoms with Crippen LogP contribution in [-0.4, -0.2) is 46.9 Å². The summed E-state index contributed by atoms with van der Waals surface area (Å²) in [5, 5.41) is 5.70. The Labute approximate surface area is 150 Å². The van der Waals surface area contributed by atoms with Crippen LogP contribution < -0.4 is 0 Å². The van der Waals surface area contributed by atoms with Crippen molar-refractivity contribution in [3.63, 3.8) is 0 Å². The minimum absolute atomic E-state index is 0.120. The summed E-state index contributed by atoms with van der Waals surface area (Å²) >= 11 is 1.53. The molecule has 0 spiro atoms. The first kappa shape index (κ1) is 16.3. The van der Waals surface area contributed by atoms with Crippen molar-refractivity contribution in [3.8, 4) is 5.69 Å². The van der Waals surface area contributed by atoms with Crippen LogP contribution in [0.15, 0.2) is 36.4 Å². The fraction of sp³-hybridized carbons (Fsp3) is 0.368. The second-order valence-electron chi connectivity index (χ2n) is 6.39. The largest absolute Gasteiger partial charge is 0.381 e. The third kappa shape index (κ3) is 2.96. The van der Waals surface area contributed by atoms with E-state index in [-0.39, 0.29) is 12.0 Å². The topological polar surface area (TPSA) is 47.4 Å². The molecule has 3 heterocycles. The summed E-state index contributed by atoms with van der Waals surface area (Å²) in [6, 6.07) is 12.0. The van der Waals surface area contributed by atoms with E-state index in [0.29, 0.717) is 0 Å². The van der Waals surface area contributed by atoms with Crippen molar-refractivity contribution in [1.29, 1.82) is 0 Å². The molecule has 5 nitrogen and oxygen atoms in total. The number of ether oxygens (including phenoxy) is 1. The van der Waals surface area contributed by atoms with Crippen molar-refractivity contribution in [3.05, 3.63) is 47.0 Å². The number of nitrogens with zero attached hydrogens (tertiary/aromatic N) is 3. The third-order valence-corrected chi connectivity index (χ3v) is 5.92. The predicted molar refractivity (Wildman–Crippen MR) is 99.6 cm³/mol. The number of para-hydroxylation sites is 1. The number of likely N-dealkylation sites (tertiary alicyclic amines) is 1. The number of methoxy groups -OCH3 is 1. The minimum Gasteiger partial charge on any atom is -0.381 e. The number of benzene rings is 1. The lowest BCUT2D eigenvalue weighted by atomic mass is 10.1. The Kier molecular flexibility index (Phi) is 4.31. The van der Waals surface area contributed by atoms with Crippen molar-refractivity contribution in [2.24, 2.45) is 0 Å². The molecule has 1 saturated heterocycles. The normalized spacial score (nSPS) is 15.8. The second kappa shape index (κ2) is 6.61. The summed E-state index contributed by atoms with van der Waals surface area (Å²) in [6.07, 6.45) is 2.09. The quantitative estimate of drug-likeness (QED) is 0.720. The number of piperidine rings is 1. The van der Waals surface area contributed by atoms with Crippen LogP contribution in [0.4, 0.5) is 0 Å². The van der Waals surface area contributed by atoms with E-state index in [9.17, 15) is 4.79 Å². The first-order valence-electron chi connectivity index (χ1n) is 8.54. The molecule has 0 N–H and O–H groups in total. The van der Waals surface area contributed by atoms with Gasteiger partial charge in [-0.15, -0.1) is 11.3 Å². The molecule has 25 heavy (non-hydrogen) atoms. The van der Waals surface area contributed by atoms with E-state index in [1.165, 1.54) is 11.3 Å². The zero-order valence-corrected chi connectivity index (χ0v) is 15.3. The zero-order valence-electron chi connectivity index (χ0n) is 14.4. The number of thiophene rings is 1. The summed E-state index contributed by atoms with van der Waals surface area (Å²) in [7, 11) is 1.74. The number of amides is 1. The Bertz CT molecular complexity index is 892. The number of carbonyl (C=O) groups is 1. The van der Waals surface area contributed by atoms with Gasteiger partial charge in [0.25, 0.3) is 5.91 Å². The van der Waals surface area contributed by atoms with Gasteiger partial charge >= 0.3 is 0 Å². The molecule has 130 valence electrons. The summed E-state index contributed by atoms with van der Waals surface area (Å²) in [4.78, 5) is 16.6. The van der Waals surface area contributed by atoms with Crippen molar-refractivity contribution in [2.45, 2.75) is 25.9 Å². The summed E-state index contributed by atoms with van der Waals surface area (Å²) in [5.41, 5.74) is 1.97. The fourth-order valence-corrected chi connectivity index (χ4v) is 4.50. The van der Waals surface area contributed by atoms with Gasteiger partial charge in [0.2, 0.25) is 0 Å². The van der Waals surface area contributed by atoms with Gasteiger partial charge in [-0.2, -0.15) is 5.10 Å². The molecule has 1 aliphatic heterocycles. The van der Waals surface area contributed by atoms with Crippen LogP contribution in [0.2, 0.25) is 0 Å². The van der Waals surface area contributed by atoms with E-state index >= 15 is 0 Å². The highest BCUT2D eigenvalue weighted by Crippen LogP contribution is 2.31. The number of hydrogen-bond acceptors (Lipinski definition) is 4. The molecule has 1 amide bonds. The summed E-state index contributed by atoms with van der Waals surface area (Å²) in [6.45, 7) is 3.51. The highest BCUT2D eigenvalue weighted by atomic mass is 32.1. The number of hydrogen-bond donors (Lipinski definition) is 0. The molecular formula is C19H21N3O2S. The number of fused-ring (bicyclic) bond motifs is 1. The molecule has 1 aromatic carbocycles. The number of aryl methyl sites for hydroxylation is 1. The molecule has 0 saturated carbocycles. The molecule has 3 aromatic rings. The summed E-state index contributed by atoms with van der Waals surface area (Å²) < 4.78 is 7.33. The maximum atomic E-state index is 12.9. The first-order valence-corrected chi connectivity index (χ1v) is 9.35. The molecule has 0 unspecified atom stereocenters. The molecule has 1 fully saturated rings. The van der Waals surface area contributed by atoms with Gasteiger partial charge < -0.3 is 9.64 Å². The molecule has 1 aliphatic rings. The molecule has 0 radical (unpaired) electrons. The average Bonchev–Trinajstić information content (AvgIpc) is 3.23. The third-order valence-electron chi connectivity index (χ3n) is 4.82. The molecule has 0 atom stereocenters. The van der Waals surface area contributed by atoms with Gasteiger partial charge in [-0.1, -0.05) is 18.2 Å². The van der Waals surface area contributed by atoms with Crippen LogP contribution in [0.25, 0.3) is 15.9 Å². The monoisotopic (exact) mass is 355 g/mol. The smallest absolute Gasteiger partial charge is 0.264 e. The molecule has 2 aromatic heterocycles. The average molecular weight is 355 g/mol. The molecule has 6 heteroatoms. The lowest BCUT2D eigenvalue weighted by molar-refractivity contribution is 0.0353. The van der Waals surface area contributed by atoms with Crippen molar-refractivity contribution >= 4 is 27.5 Å². The number of aromatic nitrogens is 2. The van der Waals surface area contributed by atoms with E-state index in [1.54, 1.807) is 7.11 Å². The molecule has 4 rings (SSSR count). The Hall–Kier alpha value is -2.18. The fourth-order valence-electron chi connectivity index (χ4n) is 3.35. The van der Waals surface area contributed by atoms with Crippen LogP contribution in [0.3, 0.4) is 0 Å². The molecule has 0 bridgehead atoms. The van der Waals surface area contributed by atoms with Gasteiger partial charge in [0.05, 0.1) is 22.4 Å². The maximum absolute atomic E-state index is 12.9. The highest BCUT2D eigenvalue weighted by molar-refractivity contribution is 7.20. The highest BCUT2D eigenvalue weighted by Gasteiger charge is 2.25. The van der Waals surface area contributed by atoms with Gasteiger partial charge in [-0.25, -0.2) is 4.68 Å². The second-order valence-corrected chi connectivity index (χ2v) is 7.42. The van der Waals surface area contributed by atoms with Gasteiger partial charge in [0, 0.05) is 25.6 Å². The first-order chi connectivity index (χ1) is 12.2.